The lowest BCUT2D eigenvalue weighted by atomic mass is 10.0. The van der Waals surface area contributed by atoms with Crippen LogP contribution in [0.4, 0.5) is 8.78 Å². The van der Waals surface area contributed by atoms with Crippen LogP contribution in [0.3, 0.4) is 0 Å². The van der Waals surface area contributed by atoms with Gasteiger partial charge in [-0.05, 0) is 34.7 Å². The number of ether oxygens (including phenoxy) is 1. The van der Waals surface area contributed by atoms with Crippen molar-refractivity contribution in [1.82, 2.24) is 10.2 Å². The Bertz CT molecular complexity index is 964. The molecular weight excluding hydrogens is 410 g/mol. The van der Waals surface area contributed by atoms with Crippen LogP contribution in [0, 0.1) is 0 Å². The molecule has 30 heavy (non-hydrogen) atoms. The number of likely N-dealkylation sites (N-methyl/N-ethyl adjacent to an activating group) is 1. The summed E-state index contributed by atoms with van der Waals surface area (Å²) in [5.41, 5.74) is 1.41. The number of nitrogens with one attached hydrogen (secondary N) is 1. The fourth-order valence-electron chi connectivity index (χ4n) is 2.89. The summed E-state index contributed by atoms with van der Waals surface area (Å²) < 4.78 is 28.9. The quantitative estimate of drug-likeness (QED) is 0.573. The van der Waals surface area contributed by atoms with Crippen molar-refractivity contribution in [2.24, 2.45) is 0 Å². The SMILES string of the molecule is CN(Cc1ccc(OC(F)F)cc1)C(=O)[C@@H](NC(=O)c1cccs1)c1ccccc1. The molecule has 0 saturated heterocycles. The van der Waals surface area contributed by atoms with Gasteiger partial charge in [0.05, 0.1) is 4.88 Å². The number of hydrogen-bond donors (Lipinski definition) is 1. The first-order valence-corrected chi connectivity index (χ1v) is 10.00. The molecule has 1 atom stereocenters. The second-order valence-corrected chi connectivity index (χ2v) is 7.46. The highest BCUT2D eigenvalue weighted by molar-refractivity contribution is 7.12. The van der Waals surface area contributed by atoms with Gasteiger partial charge >= 0.3 is 6.61 Å². The van der Waals surface area contributed by atoms with Gasteiger partial charge < -0.3 is 15.0 Å². The number of thiophene rings is 1. The van der Waals surface area contributed by atoms with Crippen LogP contribution in [-0.2, 0) is 11.3 Å². The fourth-order valence-corrected chi connectivity index (χ4v) is 3.52. The third-order valence-electron chi connectivity index (χ3n) is 4.34. The number of carbonyl (C=O) groups is 2. The third kappa shape index (κ3) is 5.64. The molecule has 0 bridgehead atoms. The topological polar surface area (TPSA) is 58.6 Å². The molecule has 1 heterocycles. The molecule has 0 spiro atoms. The second-order valence-electron chi connectivity index (χ2n) is 6.51. The van der Waals surface area contributed by atoms with Crippen molar-refractivity contribution in [2.75, 3.05) is 7.05 Å². The summed E-state index contributed by atoms with van der Waals surface area (Å²) in [5, 5.41) is 4.60. The average Bonchev–Trinajstić information content (AvgIpc) is 3.28. The molecule has 156 valence electrons. The summed E-state index contributed by atoms with van der Waals surface area (Å²) in [6.45, 7) is -2.65. The first-order valence-electron chi connectivity index (χ1n) is 9.12. The Labute approximate surface area is 176 Å². The van der Waals surface area contributed by atoms with E-state index in [0.717, 1.165) is 5.56 Å². The van der Waals surface area contributed by atoms with Gasteiger partial charge in [0.15, 0.2) is 0 Å². The number of carbonyl (C=O) groups excluding carboxylic acids is 2. The smallest absolute Gasteiger partial charge is 0.387 e. The van der Waals surface area contributed by atoms with Gasteiger partial charge in [-0.3, -0.25) is 9.59 Å². The summed E-state index contributed by atoms with van der Waals surface area (Å²) in [5.74, 6) is -0.568. The number of nitrogens with zero attached hydrogens (tertiary/aromatic N) is 1. The number of halogens is 2. The number of rotatable bonds is 8. The van der Waals surface area contributed by atoms with Gasteiger partial charge in [0.2, 0.25) is 5.91 Å². The normalized spacial score (nSPS) is 11.7. The summed E-state index contributed by atoms with van der Waals surface area (Å²) in [6, 6.07) is 17.7. The number of amides is 2. The Balaban J connectivity index is 1.74. The summed E-state index contributed by atoms with van der Waals surface area (Å²) >= 11 is 1.29. The molecule has 0 radical (unpaired) electrons. The average molecular weight is 430 g/mol. The van der Waals surface area contributed by atoms with Crippen LogP contribution < -0.4 is 10.1 Å². The van der Waals surface area contributed by atoms with E-state index in [1.807, 2.05) is 6.07 Å². The monoisotopic (exact) mass is 430 g/mol. The van der Waals surface area contributed by atoms with E-state index < -0.39 is 12.7 Å². The zero-order valence-corrected chi connectivity index (χ0v) is 16.9. The number of hydrogen-bond acceptors (Lipinski definition) is 4. The van der Waals surface area contributed by atoms with Gasteiger partial charge in [0, 0.05) is 13.6 Å². The van der Waals surface area contributed by atoms with Crippen molar-refractivity contribution in [3.05, 3.63) is 88.1 Å². The van der Waals surface area contributed by atoms with Gasteiger partial charge in [-0.2, -0.15) is 8.78 Å². The Kier molecular flexibility index (Phi) is 7.13. The van der Waals surface area contributed by atoms with Crippen LogP contribution in [0.5, 0.6) is 5.75 Å². The molecule has 1 N–H and O–H groups in total. The van der Waals surface area contributed by atoms with E-state index in [1.54, 1.807) is 61.0 Å². The minimum absolute atomic E-state index is 0.0492. The van der Waals surface area contributed by atoms with Crippen molar-refractivity contribution in [3.63, 3.8) is 0 Å². The van der Waals surface area contributed by atoms with Crippen molar-refractivity contribution in [3.8, 4) is 5.75 Å². The Morgan fingerprint density at radius 2 is 1.73 bits per heavy atom. The van der Waals surface area contributed by atoms with Crippen LogP contribution in [0.15, 0.2) is 72.1 Å². The molecule has 3 rings (SSSR count). The maximum Gasteiger partial charge on any atom is 0.387 e. The molecular formula is C22H20F2N2O3S. The first-order chi connectivity index (χ1) is 14.4. The molecule has 0 saturated carbocycles. The van der Waals surface area contributed by atoms with E-state index in [-0.39, 0.29) is 24.1 Å². The highest BCUT2D eigenvalue weighted by Crippen LogP contribution is 2.20. The van der Waals surface area contributed by atoms with E-state index in [1.165, 1.54) is 28.4 Å². The minimum Gasteiger partial charge on any atom is -0.435 e. The third-order valence-corrected chi connectivity index (χ3v) is 5.21. The minimum atomic E-state index is -2.89. The Hall–Kier alpha value is -3.26. The van der Waals surface area contributed by atoms with Crippen molar-refractivity contribution in [2.45, 2.75) is 19.2 Å². The largest absolute Gasteiger partial charge is 0.435 e. The first kappa shape index (κ1) is 21.4. The van der Waals surface area contributed by atoms with E-state index >= 15 is 0 Å². The van der Waals surface area contributed by atoms with Gasteiger partial charge in [-0.1, -0.05) is 48.5 Å². The van der Waals surface area contributed by atoms with Crippen LogP contribution in [-0.4, -0.2) is 30.4 Å². The zero-order valence-electron chi connectivity index (χ0n) is 16.1. The molecule has 2 amide bonds. The fraction of sp³-hybridized carbons (Fsp3) is 0.182. The van der Waals surface area contributed by atoms with Crippen LogP contribution in [0.2, 0.25) is 0 Å². The summed E-state index contributed by atoms with van der Waals surface area (Å²) in [6.07, 6.45) is 0. The van der Waals surface area contributed by atoms with E-state index in [0.29, 0.717) is 10.4 Å². The molecule has 3 aromatic rings. The Morgan fingerprint density at radius 3 is 2.33 bits per heavy atom. The zero-order chi connectivity index (χ0) is 21.5. The lowest BCUT2D eigenvalue weighted by molar-refractivity contribution is -0.132. The summed E-state index contributed by atoms with van der Waals surface area (Å²) in [7, 11) is 1.62. The molecule has 8 heteroatoms. The highest BCUT2D eigenvalue weighted by Gasteiger charge is 2.26. The molecule has 0 unspecified atom stereocenters. The van der Waals surface area contributed by atoms with Crippen LogP contribution in [0.1, 0.15) is 26.8 Å². The second kappa shape index (κ2) is 9.98. The maximum absolute atomic E-state index is 13.2. The van der Waals surface area contributed by atoms with Gasteiger partial charge in [-0.15, -0.1) is 11.3 Å². The lowest BCUT2D eigenvalue weighted by Crippen LogP contribution is -2.40. The standard InChI is InChI=1S/C22H20F2N2O3S/c1-26(14-15-9-11-17(12-10-15)29-22(23)24)21(28)19(16-6-3-2-4-7-16)25-20(27)18-8-5-13-30-18/h2-13,19,22H,14H2,1H3,(H,25,27)/t19-/m0/s1. The van der Waals surface area contributed by atoms with Gasteiger partial charge in [0.1, 0.15) is 11.8 Å². The van der Waals surface area contributed by atoms with E-state index in [2.05, 4.69) is 10.1 Å². The molecule has 1 aromatic heterocycles. The van der Waals surface area contributed by atoms with Crippen molar-refractivity contribution in [1.29, 1.82) is 0 Å². The molecule has 0 aliphatic carbocycles. The van der Waals surface area contributed by atoms with Gasteiger partial charge in [-0.25, -0.2) is 0 Å². The predicted molar refractivity (Wildman–Crippen MR) is 111 cm³/mol. The predicted octanol–water partition coefficient (Wildman–Crippen LogP) is 4.48. The van der Waals surface area contributed by atoms with Crippen LogP contribution >= 0.6 is 11.3 Å². The van der Waals surface area contributed by atoms with Crippen molar-refractivity contribution < 1.29 is 23.1 Å². The highest BCUT2D eigenvalue weighted by atomic mass is 32.1. The van der Waals surface area contributed by atoms with E-state index in [4.69, 9.17) is 0 Å². The van der Waals surface area contributed by atoms with Crippen molar-refractivity contribution >= 4 is 23.2 Å². The molecule has 2 aromatic carbocycles. The summed E-state index contributed by atoms with van der Waals surface area (Å²) in [4.78, 5) is 27.7. The molecule has 5 nitrogen and oxygen atoms in total. The molecule has 0 aliphatic heterocycles. The lowest BCUT2D eigenvalue weighted by Gasteiger charge is -2.25. The molecule has 0 aliphatic rings. The number of alkyl halides is 2. The maximum atomic E-state index is 13.2. The van der Waals surface area contributed by atoms with Crippen LogP contribution in [0.25, 0.3) is 0 Å². The van der Waals surface area contributed by atoms with E-state index in [9.17, 15) is 18.4 Å². The Morgan fingerprint density at radius 1 is 1.03 bits per heavy atom. The molecule has 0 fully saturated rings. The van der Waals surface area contributed by atoms with Gasteiger partial charge in [0.25, 0.3) is 5.91 Å². The number of benzene rings is 2.